The van der Waals surface area contributed by atoms with Gasteiger partial charge in [-0.2, -0.15) is 0 Å². The highest BCUT2D eigenvalue weighted by atomic mass is 16.6. The summed E-state index contributed by atoms with van der Waals surface area (Å²) in [7, 11) is 7.90. The van der Waals surface area contributed by atoms with Gasteiger partial charge in [-0.15, -0.1) is 0 Å². The summed E-state index contributed by atoms with van der Waals surface area (Å²) in [5.74, 6) is 3.28. The second kappa shape index (κ2) is 29.7. The van der Waals surface area contributed by atoms with Gasteiger partial charge in [0.15, 0.2) is 5.78 Å². The largest absolute Gasteiger partial charge is 0.488 e. The molecule has 3 aliphatic heterocycles. The number of nitrogen functional groups attached to an aromatic ring is 1. The van der Waals surface area contributed by atoms with Crippen molar-refractivity contribution >= 4 is 28.5 Å². The number of aliphatic hydroxyl groups excluding tert-OH is 4. The molecule has 1 saturated heterocycles. The van der Waals surface area contributed by atoms with Crippen LogP contribution >= 0.6 is 0 Å². The second-order valence-corrected chi connectivity index (χ2v) is 30.6. The summed E-state index contributed by atoms with van der Waals surface area (Å²) >= 11 is 0. The number of pyridine rings is 1. The van der Waals surface area contributed by atoms with Crippen LogP contribution in [0.25, 0.3) is 10.9 Å². The molecule has 1 aromatic heterocycles. The topological polar surface area (TPSA) is 211 Å². The van der Waals surface area contributed by atoms with Crippen molar-refractivity contribution in [1.82, 2.24) is 24.6 Å². The van der Waals surface area contributed by atoms with Gasteiger partial charge >= 0.3 is 6.09 Å². The van der Waals surface area contributed by atoms with Gasteiger partial charge in [-0.05, 0) is 237 Å². The molecule has 1 spiro atoms. The Kier molecular flexibility index (Phi) is 21.8. The first-order valence-corrected chi connectivity index (χ1v) is 35.3. The van der Waals surface area contributed by atoms with E-state index in [-0.39, 0.29) is 60.7 Å². The summed E-state index contributed by atoms with van der Waals surface area (Å²) in [6, 6.07) is 34.5. The van der Waals surface area contributed by atoms with Gasteiger partial charge in [0.05, 0.1) is 36.9 Å². The van der Waals surface area contributed by atoms with Crippen LogP contribution in [0, 0.1) is 28.6 Å². The van der Waals surface area contributed by atoms with Gasteiger partial charge in [0.2, 0.25) is 0 Å². The highest BCUT2D eigenvalue weighted by Gasteiger charge is 2.59. The summed E-state index contributed by atoms with van der Waals surface area (Å²) < 4.78 is 11.5. The first-order chi connectivity index (χ1) is 45.5. The Morgan fingerprint density at radius 3 is 2.20 bits per heavy atom. The van der Waals surface area contributed by atoms with Crippen molar-refractivity contribution in [2.24, 2.45) is 34.3 Å². The van der Waals surface area contributed by atoms with Crippen molar-refractivity contribution in [2.45, 2.75) is 193 Å². The van der Waals surface area contributed by atoms with Crippen LogP contribution in [-0.4, -0.2) is 129 Å². The minimum absolute atomic E-state index is 0.00643. The fourth-order valence-electron chi connectivity index (χ4n) is 18.3. The van der Waals surface area contributed by atoms with Crippen molar-refractivity contribution < 1.29 is 39.5 Å². The number of hydrogen-bond acceptors (Lipinski definition) is 14. The van der Waals surface area contributed by atoms with Crippen LogP contribution in [0.3, 0.4) is 0 Å². The summed E-state index contributed by atoms with van der Waals surface area (Å²) in [6.07, 6.45) is 21.9. The number of aryl methyl sites for hydroxylation is 1. The Morgan fingerprint density at radius 1 is 0.821 bits per heavy atom. The minimum atomic E-state index is -0.433. The maximum atomic E-state index is 12.9. The number of nitrogens with zero attached hydrogens (tertiary/aromatic N) is 5. The van der Waals surface area contributed by atoms with E-state index in [0.29, 0.717) is 41.0 Å². The maximum absolute atomic E-state index is 12.9. The molecule has 95 heavy (non-hydrogen) atoms. The van der Waals surface area contributed by atoms with E-state index in [1.54, 1.807) is 19.2 Å². The predicted molar refractivity (Wildman–Crippen MR) is 378 cm³/mol. The molecule has 5 fully saturated rings. The van der Waals surface area contributed by atoms with Crippen molar-refractivity contribution in [3.8, 4) is 11.5 Å². The molecule has 0 radical (unpaired) electrons. The molecule has 510 valence electrons. The van der Waals surface area contributed by atoms with Gasteiger partial charge in [-0.25, -0.2) is 4.79 Å². The first kappa shape index (κ1) is 69.8. The Bertz CT molecular complexity index is 3650. The lowest BCUT2D eigenvalue weighted by atomic mass is 9.43. The quantitative estimate of drug-likeness (QED) is 0.0667. The number of hydrogen-bond donors (Lipinski definition) is 6. The molecular weight excluding hydrogens is 1190 g/mol. The third kappa shape index (κ3) is 15.7. The van der Waals surface area contributed by atoms with Gasteiger partial charge in [-0.1, -0.05) is 105 Å². The SMILES string of the molecule is CC12CC3CC(C)(C1)CC(N)(C3)C2.CCN(C)C(=O)Oc1cccc([C@H](C)N(C)C)c1.CN1CC[C@@]23C=C[C@H](O)C[C@@H]2Oc2c(CO)ccc(c23)C1.Nc1c2c(nc3ccccc13)CCCC2.O=C1c2cc(CO)c(CO)cc2CC1CC1CCN(Cc2ccccc2)CC1. The van der Waals surface area contributed by atoms with Crippen molar-refractivity contribution in [1.29, 1.82) is 0 Å². The van der Waals surface area contributed by atoms with E-state index < -0.39 is 6.10 Å². The number of ketones is 1. The van der Waals surface area contributed by atoms with E-state index in [9.17, 15) is 30.0 Å². The van der Waals surface area contributed by atoms with Gasteiger partial charge in [0.1, 0.15) is 17.6 Å². The molecule has 7 aliphatic carbocycles. The zero-order valence-corrected chi connectivity index (χ0v) is 57.9. The average Bonchev–Trinajstić information content (AvgIpc) is 0.803. The number of fused-ring (bicyclic) bond motifs is 3. The molecular formula is C80H107N7O8. The van der Waals surface area contributed by atoms with Crippen molar-refractivity contribution in [2.75, 3.05) is 60.1 Å². The van der Waals surface area contributed by atoms with Gasteiger partial charge in [0.25, 0.3) is 0 Å². The van der Waals surface area contributed by atoms with E-state index in [4.69, 9.17) is 25.9 Å². The monoisotopic (exact) mass is 1290 g/mol. The predicted octanol–water partition coefficient (Wildman–Crippen LogP) is 12.8. The number of piperidine rings is 1. The lowest BCUT2D eigenvalue weighted by Gasteiger charge is -2.64. The fourth-order valence-corrected chi connectivity index (χ4v) is 18.3. The third-order valence-corrected chi connectivity index (χ3v) is 22.6. The summed E-state index contributed by atoms with van der Waals surface area (Å²) in [5, 5.41) is 39.7. The van der Waals surface area contributed by atoms with Crippen molar-refractivity contribution in [3.63, 3.8) is 0 Å². The molecule has 5 aromatic carbocycles. The number of amides is 1. The molecule has 6 aromatic rings. The molecule has 4 bridgehead atoms. The van der Waals surface area contributed by atoms with Crippen LogP contribution < -0.4 is 20.9 Å². The number of anilines is 1. The first-order valence-electron chi connectivity index (χ1n) is 35.3. The average molecular weight is 1290 g/mol. The number of nitrogens with two attached hydrogens (primary N) is 2. The fraction of sp³-hybridized carbons (Fsp3) is 0.537. The molecule has 4 saturated carbocycles. The number of Topliss-reactive ketones (excluding diaryl/α,β-unsaturated/α-hetero) is 1. The van der Waals surface area contributed by atoms with Crippen molar-refractivity contribution in [3.05, 3.63) is 177 Å². The molecule has 3 unspecified atom stereocenters. The number of carbonyl (C=O) groups is 2. The number of para-hydroxylation sites is 1. The lowest BCUT2D eigenvalue weighted by Crippen LogP contribution is -2.62. The smallest absolute Gasteiger partial charge is 0.414 e. The summed E-state index contributed by atoms with van der Waals surface area (Å²) in [6.45, 7) is 14.5. The Hall–Kier alpha value is -6.53. The Labute approximate surface area is 564 Å². The Balaban J connectivity index is 0.000000124. The van der Waals surface area contributed by atoms with E-state index in [1.165, 1.54) is 84.2 Å². The number of aromatic nitrogens is 1. The number of rotatable bonds is 11. The number of carbonyl (C=O) groups excluding carboxylic acids is 2. The van der Waals surface area contributed by atoms with E-state index in [1.807, 2.05) is 75.6 Å². The molecule has 4 heterocycles. The Morgan fingerprint density at radius 2 is 1.52 bits per heavy atom. The van der Waals surface area contributed by atoms with Crippen LogP contribution in [0.5, 0.6) is 11.5 Å². The summed E-state index contributed by atoms with van der Waals surface area (Å²) in [4.78, 5) is 37.7. The molecule has 7 atom stereocenters. The normalized spacial score (nSPS) is 27.1. The molecule has 10 aliphatic rings. The van der Waals surface area contributed by atoms with Crippen LogP contribution in [0.2, 0.25) is 0 Å². The molecule has 1 amide bonds. The summed E-state index contributed by atoms with van der Waals surface area (Å²) in [5.41, 5.74) is 27.6. The van der Waals surface area contributed by atoms with Crippen LogP contribution in [0.1, 0.15) is 183 Å². The number of aliphatic hydroxyl groups is 4. The second-order valence-electron chi connectivity index (χ2n) is 30.6. The zero-order chi connectivity index (χ0) is 67.4. The highest BCUT2D eigenvalue weighted by molar-refractivity contribution is 6.02. The zero-order valence-electron chi connectivity index (χ0n) is 57.9. The van der Waals surface area contributed by atoms with Gasteiger partial charge in [0, 0.05) is 84.1 Å². The third-order valence-electron chi connectivity index (χ3n) is 22.6. The molecule has 8 N–H and O–H groups in total. The van der Waals surface area contributed by atoms with Gasteiger partial charge < -0.3 is 56.1 Å². The maximum Gasteiger partial charge on any atom is 0.414 e. The molecule has 15 nitrogen and oxygen atoms in total. The molecule has 15 heteroatoms. The highest BCUT2D eigenvalue weighted by Crippen LogP contribution is 2.65. The van der Waals surface area contributed by atoms with Crippen LogP contribution in [-0.2, 0) is 57.6 Å². The lowest BCUT2D eigenvalue weighted by molar-refractivity contribution is -0.104. The molecule has 16 rings (SSSR count). The standard InChI is InChI=1S/C24H29NO3.C17H21NO3.C14H22N2O2.C13H14N2.C12H21N/c26-15-21-12-19-11-20(24(28)23(19)13-22(21)16-27)10-17-6-8-25(9-7-17)14-18-4-2-1-3-5-18;1-18-7-6-17-5-4-13(20)8-14(17)21-16-12(10-19)3-2-11(9-18)15(16)17;1-6-16(5)14(17)18-13-9-7-8-12(10-13)11(2)15(3)4;14-13-9-5-1-3-7-11(9)15-12-8-4-2-6-10(12)13;1-10-3-9-4-11(2,6-10)8-12(13,5-9)7-10/h1-5,12-13,17,20,26-27H,6-11,14-16H2;2-5,13-14,19-20H,6-10H2,1H3;7-11H,6H2,1-5H3;1,3,5,7H,2,4,6,8H2,(H2,14,15);9H,3-8,13H2,1-2H3/t;13-,14-,17-;11-;;/m.00../s1. The van der Waals surface area contributed by atoms with E-state index in [0.717, 1.165) is 134 Å². The number of benzene rings is 5. The van der Waals surface area contributed by atoms with Crippen LogP contribution in [0.4, 0.5) is 10.5 Å². The minimum Gasteiger partial charge on any atom is -0.488 e. The van der Waals surface area contributed by atoms with E-state index in [2.05, 4.69) is 91.1 Å². The van der Waals surface area contributed by atoms with Gasteiger partial charge in [-0.3, -0.25) is 14.7 Å². The number of ether oxygens (including phenoxy) is 2. The van der Waals surface area contributed by atoms with E-state index >= 15 is 0 Å². The number of likely N-dealkylation sites (tertiary alicyclic amines) is 1. The van der Waals surface area contributed by atoms with Crippen LogP contribution in [0.15, 0.2) is 115 Å².